The fourth-order valence-corrected chi connectivity index (χ4v) is 1.38. The monoisotopic (exact) mass is 203 g/mol. The van der Waals surface area contributed by atoms with Crippen molar-refractivity contribution in [1.82, 2.24) is 9.78 Å². The quantitative estimate of drug-likeness (QED) is 0.774. The second-order valence-corrected chi connectivity index (χ2v) is 3.11. The molecule has 0 unspecified atom stereocenters. The third kappa shape index (κ3) is 1.93. The van der Waals surface area contributed by atoms with E-state index in [-0.39, 0.29) is 0 Å². The zero-order valence-corrected chi connectivity index (χ0v) is 8.55. The van der Waals surface area contributed by atoms with E-state index in [1.54, 1.807) is 10.9 Å². The van der Waals surface area contributed by atoms with Gasteiger partial charge in [0.05, 0.1) is 30.4 Å². The van der Waals surface area contributed by atoms with Crippen LogP contribution in [-0.2, 0) is 0 Å². The molecule has 1 aromatic carbocycles. The Morgan fingerprint density at radius 2 is 2.20 bits per heavy atom. The Morgan fingerprint density at radius 1 is 1.40 bits per heavy atom. The Bertz CT molecular complexity index is 451. The molecule has 2 N–H and O–H groups in total. The van der Waals surface area contributed by atoms with Crippen LogP contribution in [0.4, 0.5) is 5.69 Å². The number of rotatable bonds is 3. The Kier molecular flexibility index (Phi) is 2.58. The molecule has 4 heteroatoms. The highest BCUT2D eigenvalue weighted by Gasteiger charge is 2.03. The smallest absolute Gasteiger partial charge is 0.157 e. The van der Waals surface area contributed by atoms with Gasteiger partial charge in [-0.15, -0.1) is 0 Å². The standard InChI is InChI=1S/C11H13N3O/c1-2-15-9-7-13-14(8-9)11-6-4-3-5-10(11)12/h3-8H,2,12H2,1H3. The minimum Gasteiger partial charge on any atom is -0.491 e. The molecule has 0 saturated heterocycles. The van der Waals surface area contributed by atoms with Crippen molar-refractivity contribution in [3.05, 3.63) is 36.7 Å². The van der Waals surface area contributed by atoms with Crippen LogP contribution in [0.5, 0.6) is 5.75 Å². The van der Waals surface area contributed by atoms with Crippen LogP contribution in [0, 0.1) is 0 Å². The molecule has 0 fully saturated rings. The lowest BCUT2D eigenvalue weighted by Gasteiger charge is -2.03. The normalized spacial score (nSPS) is 10.2. The number of ether oxygens (including phenoxy) is 1. The van der Waals surface area contributed by atoms with Gasteiger partial charge in [0.15, 0.2) is 5.75 Å². The molecule has 15 heavy (non-hydrogen) atoms. The Labute approximate surface area is 88.3 Å². The first-order valence-corrected chi connectivity index (χ1v) is 4.83. The molecule has 78 valence electrons. The number of anilines is 1. The third-order valence-corrected chi connectivity index (χ3v) is 2.05. The Morgan fingerprint density at radius 3 is 2.93 bits per heavy atom. The number of nitrogen functional groups attached to an aromatic ring is 1. The summed E-state index contributed by atoms with van der Waals surface area (Å²) in [6, 6.07) is 7.58. The van der Waals surface area contributed by atoms with Crippen LogP contribution in [-0.4, -0.2) is 16.4 Å². The SMILES string of the molecule is CCOc1cnn(-c2ccccc2N)c1. The van der Waals surface area contributed by atoms with Crippen molar-refractivity contribution in [2.24, 2.45) is 0 Å². The number of hydrogen-bond donors (Lipinski definition) is 1. The molecule has 0 aliphatic carbocycles. The summed E-state index contributed by atoms with van der Waals surface area (Å²) in [4.78, 5) is 0. The molecule has 2 rings (SSSR count). The zero-order valence-electron chi connectivity index (χ0n) is 8.55. The molecule has 0 aliphatic heterocycles. The van der Waals surface area contributed by atoms with Crippen molar-refractivity contribution in [1.29, 1.82) is 0 Å². The predicted octanol–water partition coefficient (Wildman–Crippen LogP) is 1.85. The van der Waals surface area contributed by atoms with Crippen molar-refractivity contribution in [2.75, 3.05) is 12.3 Å². The average Bonchev–Trinajstić information content (AvgIpc) is 2.68. The van der Waals surface area contributed by atoms with E-state index < -0.39 is 0 Å². The summed E-state index contributed by atoms with van der Waals surface area (Å²) in [5, 5.41) is 4.18. The van der Waals surface area contributed by atoms with Gasteiger partial charge in [-0.25, -0.2) is 4.68 Å². The van der Waals surface area contributed by atoms with E-state index in [4.69, 9.17) is 10.5 Å². The first-order valence-electron chi connectivity index (χ1n) is 4.83. The van der Waals surface area contributed by atoms with Crippen LogP contribution in [0.25, 0.3) is 5.69 Å². The molecule has 0 bridgehead atoms. The van der Waals surface area contributed by atoms with Gasteiger partial charge in [0.1, 0.15) is 0 Å². The average molecular weight is 203 g/mol. The minimum atomic E-state index is 0.635. The molecule has 1 aromatic heterocycles. The minimum absolute atomic E-state index is 0.635. The summed E-state index contributed by atoms with van der Waals surface area (Å²) in [6.45, 7) is 2.57. The maximum Gasteiger partial charge on any atom is 0.157 e. The van der Waals surface area contributed by atoms with Crippen molar-refractivity contribution >= 4 is 5.69 Å². The second-order valence-electron chi connectivity index (χ2n) is 3.11. The van der Waals surface area contributed by atoms with Crippen molar-refractivity contribution in [3.63, 3.8) is 0 Å². The lowest BCUT2D eigenvalue weighted by molar-refractivity contribution is 0.340. The first kappa shape index (κ1) is 9.58. The third-order valence-electron chi connectivity index (χ3n) is 2.05. The van der Waals surface area contributed by atoms with Crippen LogP contribution in [0.3, 0.4) is 0 Å². The summed E-state index contributed by atoms with van der Waals surface area (Å²) in [6.07, 6.45) is 3.49. The van der Waals surface area contributed by atoms with E-state index in [1.807, 2.05) is 37.4 Å². The van der Waals surface area contributed by atoms with Gasteiger partial charge in [-0.1, -0.05) is 12.1 Å². The van der Waals surface area contributed by atoms with Gasteiger partial charge in [0.2, 0.25) is 0 Å². The Hall–Kier alpha value is -1.97. The van der Waals surface area contributed by atoms with Gasteiger partial charge in [0.25, 0.3) is 0 Å². The van der Waals surface area contributed by atoms with E-state index in [9.17, 15) is 0 Å². The molecule has 1 heterocycles. The van der Waals surface area contributed by atoms with Gasteiger partial charge in [0, 0.05) is 0 Å². The zero-order chi connectivity index (χ0) is 10.7. The van der Waals surface area contributed by atoms with Crippen LogP contribution in [0.15, 0.2) is 36.7 Å². The molecular formula is C11H13N3O. The highest BCUT2D eigenvalue weighted by atomic mass is 16.5. The van der Waals surface area contributed by atoms with E-state index in [0.29, 0.717) is 12.3 Å². The fraction of sp³-hybridized carbons (Fsp3) is 0.182. The molecule has 0 amide bonds. The molecular weight excluding hydrogens is 190 g/mol. The van der Waals surface area contributed by atoms with Gasteiger partial charge < -0.3 is 10.5 Å². The lowest BCUT2D eigenvalue weighted by atomic mass is 10.3. The van der Waals surface area contributed by atoms with Crippen LogP contribution >= 0.6 is 0 Å². The molecule has 0 spiro atoms. The molecule has 4 nitrogen and oxygen atoms in total. The van der Waals surface area contributed by atoms with E-state index in [0.717, 1.165) is 11.4 Å². The number of para-hydroxylation sites is 2. The summed E-state index contributed by atoms with van der Waals surface area (Å²) in [5.74, 6) is 0.751. The summed E-state index contributed by atoms with van der Waals surface area (Å²) < 4.78 is 7.03. The number of nitrogens with two attached hydrogens (primary N) is 1. The summed E-state index contributed by atoms with van der Waals surface area (Å²) >= 11 is 0. The lowest BCUT2D eigenvalue weighted by Crippen LogP contribution is -1.99. The Balaban J connectivity index is 2.33. The van der Waals surface area contributed by atoms with Gasteiger partial charge >= 0.3 is 0 Å². The maximum atomic E-state index is 5.83. The molecule has 2 aromatic rings. The van der Waals surface area contributed by atoms with E-state index in [1.165, 1.54) is 0 Å². The fourth-order valence-electron chi connectivity index (χ4n) is 1.38. The highest BCUT2D eigenvalue weighted by molar-refractivity contribution is 5.57. The van der Waals surface area contributed by atoms with Crippen LogP contribution in [0.2, 0.25) is 0 Å². The van der Waals surface area contributed by atoms with Crippen molar-refractivity contribution in [2.45, 2.75) is 6.92 Å². The number of benzene rings is 1. The maximum absolute atomic E-state index is 5.83. The summed E-state index contributed by atoms with van der Waals surface area (Å²) in [5.41, 5.74) is 7.40. The van der Waals surface area contributed by atoms with Crippen LogP contribution < -0.4 is 10.5 Å². The van der Waals surface area contributed by atoms with E-state index >= 15 is 0 Å². The van der Waals surface area contributed by atoms with Crippen molar-refractivity contribution < 1.29 is 4.74 Å². The second kappa shape index (κ2) is 4.04. The van der Waals surface area contributed by atoms with Gasteiger partial charge in [-0.2, -0.15) is 5.10 Å². The first-order chi connectivity index (χ1) is 7.31. The summed E-state index contributed by atoms with van der Waals surface area (Å²) in [7, 11) is 0. The number of aromatic nitrogens is 2. The molecule has 0 radical (unpaired) electrons. The predicted molar refractivity (Wildman–Crippen MR) is 59.1 cm³/mol. The van der Waals surface area contributed by atoms with Gasteiger partial charge in [-0.05, 0) is 19.1 Å². The largest absolute Gasteiger partial charge is 0.491 e. The topological polar surface area (TPSA) is 53.1 Å². The van der Waals surface area contributed by atoms with Gasteiger partial charge in [-0.3, -0.25) is 0 Å². The molecule has 0 saturated carbocycles. The van der Waals surface area contributed by atoms with Crippen LogP contribution in [0.1, 0.15) is 6.92 Å². The number of hydrogen-bond acceptors (Lipinski definition) is 3. The highest BCUT2D eigenvalue weighted by Crippen LogP contribution is 2.18. The molecule has 0 atom stereocenters. The van der Waals surface area contributed by atoms with E-state index in [2.05, 4.69) is 5.10 Å². The number of nitrogens with zero attached hydrogens (tertiary/aromatic N) is 2. The molecule has 0 aliphatic rings. The van der Waals surface area contributed by atoms with Crippen molar-refractivity contribution in [3.8, 4) is 11.4 Å².